The van der Waals surface area contributed by atoms with E-state index in [1.165, 1.54) is 37.1 Å². The quantitative estimate of drug-likeness (QED) is 0.919. The molecule has 0 aliphatic heterocycles. The molecule has 0 radical (unpaired) electrons. The highest BCUT2D eigenvalue weighted by atomic mass is 15.1. The van der Waals surface area contributed by atoms with E-state index in [2.05, 4.69) is 19.9 Å². The van der Waals surface area contributed by atoms with Gasteiger partial charge in [0.25, 0.3) is 0 Å². The molecule has 2 aromatic heterocycles. The lowest BCUT2D eigenvalue weighted by molar-refractivity contribution is 0.648. The van der Waals surface area contributed by atoms with E-state index in [1.807, 2.05) is 18.7 Å². The average molecular weight is 269 g/mol. The van der Waals surface area contributed by atoms with Gasteiger partial charge in [-0.2, -0.15) is 0 Å². The summed E-state index contributed by atoms with van der Waals surface area (Å²) in [5.74, 6) is 0.899. The Morgan fingerprint density at radius 2 is 2.10 bits per heavy atom. The van der Waals surface area contributed by atoms with Crippen molar-refractivity contribution in [2.24, 2.45) is 0 Å². The van der Waals surface area contributed by atoms with Crippen LogP contribution in [0.1, 0.15) is 42.8 Å². The normalized spacial score (nSPS) is 18.0. The van der Waals surface area contributed by atoms with Crippen LogP contribution in [0.4, 0.5) is 0 Å². The van der Waals surface area contributed by atoms with Gasteiger partial charge in [0, 0.05) is 24.5 Å². The SMILES string of the molecule is c1ncc(-n2cnc3c2CCCC3)nc1CNC1CC1. The van der Waals surface area contributed by atoms with Crippen LogP contribution in [0.15, 0.2) is 18.7 Å². The lowest BCUT2D eigenvalue weighted by atomic mass is 10.0. The maximum atomic E-state index is 4.72. The second-order valence-electron chi connectivity index (χ2n) is 5.74. The molecule has 0 spiro atoms. The molecule has 0 unspecified atom stereocenters. The van der Waals surface area contributed by atoms with E-state index in [-0.39, 0.29) is 0 Å². The van der Waals surface area contributed by atoms with Crippen LogP contribution in [0.2, 0.25) is 0 Å². The van der Waals surface area contributed by atoms with Crippen molar-refractivity contribution >= 4 is 0 Å². The van der Waals surface area contributed by atoms with E-state index in [0.29, 0.717) is 6.04 Å². The van der Waals surface area contributed by atoms with Crippen molar-refractivity contribution < 1.29 is 0 Å². The van der Waals surface area contributed by atoms with Gasteiger partial charge in [-0.1, -0.05) is 0 Å². The minimum absolute atomic E-state index is 0.696. The minimum atomic E-state index is 0.696. The minimum Gasteiger partial charge on any atom is -0.308 e. The van der Waals surface area contributed by atoms with Crippen LogP contribution in [-0.4, -0.2) is 25.6 Å². The Morgan fingerprint density at radius 1 is 1.20 bits per heavy atom. The molecule has 104 valence electrons. The third-order valence-electron chi connectivity index (χ3n) is 4.10. The maximum Gasteiger partial charge on any atom is 0.156 e. The third-order valence-corrected chi connectivity index (χ3v) is 4.10. The lowest BCUT2D eigenvalue weighted by Gasteiger charge is -2.13. The molecule has 2 aliphatic rings. The number of hydrogen-bond acceptors (Lipinski definition) is 4. The van der Waals surface area contributed by atoms with Crippen LogP contribution in [0.3, 0.4) is 0 Å². The smallest absolute Gasteiger partial charge is 0.156 e. The Kier molecular flexibility index (Phi) is 2.99. The predicted octanol–water partition coefficient (Wildman–Crippen LogP) is 1.79. The zero-order chi connectivity index (χ0) is 13.4. The summed E-state index contributed by atoms with van der Waals surface area (Å²) < 4.78 is 2.11. The van der Waals surface area contributed by atoms with Crippen LogP contribution in [-0.2, 0) is 19.4 Å². The first-order valence-corrected chi connectivity index (χ1v) is 7.50. The number of rotatable bonds is 4. The maximum absolute atomic E-state index is 4.72. The van der Waals surface area contributed by atoms with Gasteiger partial charge in [-0.15, -0.1) is 0 Å². The number of aryl methyl sites for hydroxylation is 1. The van der Waals surface area contributed by atoms with E-state index < -0.39 is 0 Å². The summed E-state index contributed by atoms with van der Waals surface area (Å²) >= 11 is 0. The molecule has 0 aromatic carbocycles. The summed E-state index contributed by atoms with van der Waals surface area (Å²) in [5, 5.41) is 3.48. The van der Waals surface area contributed by atoms with Crippen LogP contribution < -0.4 is 5.32 Å². The molecular weight excluding hydrogens is 250 g/mol. The van der Waals surface area contributed by atoms with E-state index in [9.17, 15) is 0 Å². The first-order valence-electron chi connectivity index (χ1n) is 7.50. The highest BCUT2D eigenvalue weighted by Crippen LogP contribution is 2.22. The van der Waals surface area contributed by atoms with Gasteiger partial charge < -0.3 is 5.32 Å². The van der Waals surface area contributed by atoms with Crippen molar-refractivity contribution in [2.75, 3.05) is 0 Å². The van der Waals surface area contributed by atoms with Crippen LogP contribution in [0.25, 0.3) is 5.82 Å². The molecule has 0 bridgehead atoms. The summed E-state index contributed by atoms with van der Waals surface area (Å²) in [6.07, 6.45) is 12.9. The van der Waals surface area contributed by atoms with Crippen LogP contribution in [0.5, 0.6) is 0 Å². The molecule has 1 N–H and O–H groups in total. The van der Waals surface area contributed by atoms with Crippen molar-refractivity contribution in [2.45, 2.75) is 51.1 Å². The summed E-state index contributed by atoms with van der Waals surface area (Å²) in [6.45, 7) is 0.808. The van der Waals surface area contributed by atoms with E-state index in [1.54, 1.807) is 0 Å². The molecule has 0 amide bonds. The molecule has 20 heavy (non-hydrogen) atoms. The van der Waals surface area contributed by atoms with Crippen molar-refractivity contribution in [3.8, 4) is 5.82 Å². The van der Waals surface area contributed by atoms with Gasteiger partial charge in [0.05, 0.1) is 17.6 Å². The zero-order valence-electron chi connectivity index (χ0n) is 11.5. The van der Waals surface area contributed by atoms with Crippen molar-refractivity contribution in [1.82, 2.24) is 24.8 Å². The number of imidazole rings is 1. The van der Waals surface area contributed by atoms with Crippen LogP contribution in [0, 0.1) is 0 Å². The second kappa shape index (κ2) is 4.98. The molecule has 5 heteroatoms. The van der Waals surface area contributed by atoms with Gasteiger partial charge in [-0.25, -0.2) is 9.97 Å². The molecular formula is C15H19N5. The Morgan fingerprint density at radius 3 is 3.00 bits per heavy atom. The van der Waals surface area contributed by atoms with E-state index >= 15 is 0 Å². The summed E-state index contributed by atoms with van der Waals surface area (Å²) in [7, 11) is 0. The van der Waals surface area contributed by atoms with Crippen molar-refractivity contribution in [3.63, 3.8) is 0 Å². The first-order chi connectivity index (χ1) is 9.90. The average Bonchev–Trinajstić information content (AvgIpc) is 3.23. The zero-order valence-corrected chi connectivity index (χ0v) is 11.5. The highest BCUT2D eigenvalue weighted by molar-refractivity contribution is 5.28. The fourth-order valence-electron chi connectivity index (χ4n) is 2.80. The predicted molar refractivity (Wildman–Crippen MR) is 75.7 cm³/mol. The van der Waals surface area contributed by atoms with Gasteiger partial charge in [0.2, 0.25) is 0 Å². The second-order valence-corrected chi connectivity index (χ2v) is 5.74. The highest BCUT2D eigenvalue weighted by Gasteiger charge is 2.20. The fourth-order valence-corrected chi connectivity index (χ4v) is 2.80. The largest absolute Gasteiger partial charge is 0.308 e. The number of hydrogen-bond donors (Lipinski definition) is 1. The van der Waals surface area contributed by atoms with Gasteiger partial charge in [-0.3, -0.25) is 9.55 Å². The Balaban J connectivity index is 1.60. The van der Waals surface area contributed by atoms with Crippen molar-refractivity contribution in [3.05, 3.63) is 35.8 Å². The van der Waals surface area contributed by atoms with Gasteiger partial charge in [-0.05, 0) is 38.5 Å². The topological polar surface area (TPSA) is 55.6 Å². The molecule has 2 heterocycles. The monoisotopic (exact) mass is 269 g/mol. The van der Waals surface area contributed by atoms with Gasteiger partial charge >= 0.3 is 0 Å². The van der Waals surface area contributed by atoms with E-state index in [4.69, 9.17) is 4.98 Å². The van der Waals surface area contributed by atoms with Gasteiger partial charge in [0.15, 0.2) is 5.82 Å². The summed E-state index contributed by atoms with van der Waals surface area (Å²) in [4.78, 5) is 13.6. The summed E-state index contributed by atoms with van der Waals surface area (Å²) in [5.41, 5.74) is 3.56. The number of fused-ring (bicyclic) bond motifs is 1. The molecule has 2 aliphatic carbocycles. The fraction of sp³-hybridized carbons (Fsp3) is 0.533. The Labute approximate surface area is 118 Å². The first kappa shape index (κ1) is 12.0. The van der Waals surface area contributed by atoms with Gasteiger partial charge in [0.1, 0.15) is 6.33 Å². The summed E-state index contributed by atoms with van der Waals surface area (Å²) in [6, 6.07) is 0.696. The van der Waals surface area contributed by atoms with Crippen molar-refractivity contribution in [1.29, 1.82) is 0 Å². The van der Waals surface area contributed by atoms with Crippen LogP contribution >= 0.6 is 0 Å². The Bertz CT molecular complexity index is 614. The standard InChI is InChI=1S/C15H19N5/c1-2-4-14-13(3-1)18-10-20(14)15-9-16-7-12(19-15)8-17-11-5-6-11/h7,9-11,17H,1-6,8H2. The molecule has 1 fully saturated rings. The van der Waals surface area contributed by atoms with E-state index in [0.717, 1.165) is 30.9 Å². The molecule has 0 atom stereocenters. The number of nitrogens with one attached hydrogen (secondary N) is 1. The number of nitrogens with zero attached hydrogens (tertiary/aromatic N) is 4. The molecule has 4 rings (SSSR count). The third kappa shape index (κ3) is 2.33. The lowest BCUT2D eigenvalue weighted by Crippen LogP contribution is -2.17. The Hall–Kier alpha value is -1.75. The molecule has 1 saturated carbocycles. The molecule has 2 aromatic rings. The molecule has 5 nitrogen and oxygen atoms in total. The number of aromatic nitrogens is 4. The molecule has 0 saturated heterocycles.